The van der Waals surface area contributed by atoms with Crippen LogP contribution < -0.4 is 0 Å². The van der Waals surface area contributed by atoms with Gasteiger partial charge >= 0.3 is 6.16 Å². The van der Waals surface area contributed by atoms with Crippen LogP contribution in [0.1, 0.15) is 27.2 Å². The predicted octanol–water partition coefficient (Wildman–Crippen LogP) is 1.73. The first kappa shape index (κ1) is 10.2. The monoisotopic (exact) mass is 164 g/mol. The summed E-state index contributed by atoms with van der Waals surface area (Å²) in [5.41, 5.74) is -0.602. The Morgan fingerprint density at radius 3 is 2.45 bits per heavy atom. The molecule has 0 aliphatic heterocycles. The number of hydrogen-bond donors (Lipinski definition) is 1. The molecule has 0 radical (unpaired) electrons. The number of ether oxygens (including phenoxy) is 1. The number of hydrogen-bond acceptors (Lipinski definition) is 5. The third-order valence-corrected chi connectivity index (χ3v) is 1.32. The average Bonchev–Trinajstić information content (AvgIpc) is 1.87. The van der Waals surface area contributed by atoms with E-state index < -0.39 is 11.8 Å². The Hall–Kier alpha value is -0.810. The van der Waals surface area contributed by atoms with E-state index in [2.05, 4.69) is 14.7 Å². The number of rotatable bonds is 3. The largest absolute Gasteiger partial charge is 0.543 e. The fourth-order valence-electron chi connectivity index (χ4n) is 0.345. The fraction of sp³-hybridized carbons (Fsp3) is 0.833. The van der Waals surface area contributed by atoms with E-state index in [1.165, 1.54) is 0 Å². The van der Waals surface area contributed by atoms with Crippen LogP contribution in [0.3, 0.4) is 0 Å². The van der Waals surface area contributed by atoms with Gasteiger partial charge in [0.2, 0.25) is 0 Å². The second-order valence-corrected chi connectivity index (χ2v) is 2.62. The Labute approximate surface area is 64.7 Å². The lowest BCUT2D eigenvalue weighted by molar-refractivity contribution is -0.463. The highest BCUT2D eigenvalue weighted by atomic mass is 17.5. The zero-order valence-corrected chi connectivity index (χ0v) is 6.79. The van der Waals surface area contributed by atoms with Gasteiger partial charge in [-0.3, -0.25) is 0 Å². The molecule has 0 aliphatic rings. The molecule has 0 aliphatic carbocycles. The van der Waals surface area contributed by atoms with Crippen LogP contribution in [0.5, 0.6) is 0 Å². The average molecular weight is 164 g/mol. The predicted molar refractivity (Wildman–Crippen MR) is 35.6 cm³/mol. The minimum absolute atomic E-state index is 0.602. The molecule has 0 spiro atoms. The summed E-state index contributed by atoms with van der Waals surface area (Å²) < 4.78 is 4.68. The van der Waals surface area contributed by atoms with E-state index in [0.29, 0.717) is 6.42 Å². The van der Waals surface area contributed by atoms with E-state index in [4.69, 9.17) is 5.26 Å². The van der Waals surface area contributed by atoms with Gasteiger partial charge in [-0.2, -0.15) is 0 Å². The maximum atomic E-state index is 10.5. The number of carbonyl (C=O) groups excluding carboxylic acids is 1. The van der Waals surface area contributed by atoms with E-state index in [1.807, 2.05) is 6.92 Å². The Balaban J connectivity index is 3.74. The highest BCUT2D eigenvalue weighted by Crippen LogP contribution is 2.14. The van der Waals surface area contributed by atoms with Crippen molar-refractivity contribution in [1.29, 1.82) is 0 Å². The van der Waals surface area contributed by atoms with Gasteiger partial charge in [0.05, 0.1) is 0 Å². The summed E-state index contributed by atoms with van der Waals surface area (Å²) in [6, 6.07) is 0. The van der Waals surface area contributed by atoms with Crippen LogP contribution in [0.25, 0.3) is 0 Å². The van der Waals surface area contributed by atoms with Gasteiger partial charge < -0.3 is 4.74 Å². The lowest BCUT2D eigenvalue weighted by Crippen LogP contribution is -2.27. The second-order valence-electron chi connectivity index (χ2n) is 2.62. The molecule has 0 aromatic rings. The molecule has 0 atom stereocenters. The van der Waals surface area contributed by atoms with Gasteiger partial charge in [0.25, 0.3) is 0 Å². The molecule has 0 saturated heterocycles. The fourth-order valence-corrected chi connectivity index (χ4v) is 0.345. The lowest BCUT2D eigenvalue weighted by Gasteiger charge is -2.21. The lowest BCUT2D eigenvalue weighted by atomic mass is 10.1. The molecular weight excluding hydrogens is 152 g/mol. The van der Waals surface area contributed by atoms with E-state index in [1.54, 1.807) is 13.8 Å². The first-order chi connectivity index (χ1) is 5.02. The normalized spacial score (nSPS) is 10.9. The van der Waals surface area contributed by atoms with Gasteiger partial charge in [-0.25, -0.2) is 14.9 Å². The van der Waals surface area contributed by atoms with E-state index in [9.17, 15) is 4.79 Å². The van der Waals surface area contributed by atoms with Crippen molar-refractivity contribution in [1.82, 2.24) is 0 Å². The van der Waals surface area contributed by atoms with Gasteiger partial charge in [-0.05, 0) is 25.3 Å². The smallest absolute Gasteiger partial charge is 0.426 e. The van der Waals surface area contributed by atoms with Crippen LogP contribution in [-0.2, 0) is 14.7 Å². The Kier molecular flexibility index (Phi) is 3.84. The van der Waals surface area contributed by atoms with Crippen LogP contribution in [0.2, 0.25) is 0 Å². The molecule has 0 amide bonds. The Bertz CT molecular complexity index is 131. The first-order valence-corrected chi connectivity index (χ1v) is 3.23. The van der Waals surface area contributed by atoms with Crippen molar-refractivity contribution in [2.24, 2.45) is 0 Å². The molecule has 11 heavy (non-hydrogen) atoms. The molecule has 0 saturated carbocycles. The SMILES string of the molecule is CCC(C)(C)OC(=O)OOO. The van der Waals surface area contributed by atoms with Crippen molar-refractivity contribution < 1.29 is 24.7 Å². The third-order valence-electron chi connectivity index (χ3n) is 1.32. The van der Waals surface area contributed by atoms with Crippen LogP contribution in [-0.4, -0.2) is 17.0 Å². The van der Waals surface area contributed by atoms with Crippen LogP contribution in [0.15, 0.2) is 0 Å². The van der Waals surface area contributed by atoms with Crippen LogP contribution in [0.4, 0.5) is 4.79 Å². The molecule has 0 fully saturated rings. The molecule has 0 heterocycles. The highest BCUT2D eigenvalue weighted by Gasteiger charge is 2.21. The summed E-state index contributed by atoms with van der Waals surface area (Å²) in [4.78, 5) is 14.2. The molecule has 1 N–H and O–H groups in total. The minimum atomic E-state index is -1.06. The summed E-state index contributed by atoms with van der Waals surface area (Å²) in [7, 11) is 0. The second kappa shape index (κ2) is 4.15. The number of carbonyl (C=O) groups is 1. The van der Waals surface area contributed by atoms with E-state index in [0.717, 1.165) is 0 Å². The van der Waals surface area contributed by atoms with Crippen molar-refractivity contribution in [2.45, 2.75) is 32.8 Å². The molecule has 0 rings (SSSR count). The molecule has 66 valence electrons. The van der Waals surface area contributed by atoms with Crippen molar-refractivity contribution >= 4 is 6.16 Å². The zero-order chi connectivity index (χ0) is 8.91. The molecular formula is C6H12O5. The van der Waals surface area contributed by atoms with Gasteiger partial charge in [0, 0.05) is 0 Å². The molecule has 5 heteroatoms. The van der Waals surface area contributed by atoms with Gasteiger partial charge in [-0.15, -0.1) is 0 Å². The highest BCUT2D eigenvalue weighted by molar-refractivity contribution is 5.59. The minimum Gasteiger partial charge on any atom is -0.426 e. The van der Waals surface area contributed by atoms with E-state index in [-0.39, 0.29) is 0 Å². The molecule has 0 aromatic carbocycles. The van der Waals surface area contributed by atoms with E-state index >= 15 is 0 Å². The first-order valence-electron chi connectivity index (χ1n) is 3.23. The van der Waals surface area contributed by atoms with Crippen LogP contribution >= 0.6 is 0 Å². The third kappa shape index (κ3) is 4.58. The maximum absolute atomic E-state index is 10.5. The van der Waals surface area contributed by atoms with Gasteiger partial charge in [0.15, 0.2) is 0 Å². The topological polar surface area (TPSA) is 65.0 Å². The Morgan fingerprint density at radius 1 is 1.55 bits per heavy atom. The standard InChI is InChI=1S/C6H12O5/c1-4-6(2,3)9-5(7)10-11-8/h8H,4H2,1-3H3. The summed E-state index contributed by atoms with van der Waals surface area (Å²) >= 11 is 0. The summed E-state index contributed by atoms with van der Waals surface area (Å²) in [5.74, 6) is 0. The van der Waals surface area contributed by atoms with Crippen LogP contribution in [0, 0.1) is 0 Å². The summed E-state index contributed by atoms with van der Waals surface area (Å²) in [6.07, 6.45) is -0.410. The molecule has 0 aromatic heterocycles. The van der Waals surface area contributed by atoms with Gasteiger partial charge in [0.1, 0.15) is 5.60 Å². The summed E-state index contributed by atoms with van der Waals surface area (Å²) in [6.45, 7) is 5.28. The summed E-state index contributed by atoms with van der Waals surface area (Å²) in [5, 5.41) is 10.8. The molecule has 0 bridgehead atoms. The van der Waals surface area contributed by atoms with Crippen molar-refractivity contribution in [3.05, 3.63) is 0 Å². The Morgan fingerprint density at radius 2 is 2.09 bits per heavy atom. The zero-order valence-electron chi connectivity index (χ0n) is 6.79. The van der Waals surface area contributed by atoms with Gasteiger partial charge in [-0.1, -0.05) is 6.92 Å². The molecule has 0 unspecified atom stereocenters. The molecule has 5 nitrogen and oxygen atoms in total. The van der Waals surface area contributed by atoms with Crippen molar-refractivity contribution in [2.75, 3.05) is 0 Å². The van der Waals surface area contributed by atoms with Crippen molar-refractivity contribution in [3.63, 3.8) is 0 Å². The quantitative estimate of drug-likeness (QED) is 0.391. The maximum Gasteiger partial charge on any atom is 0.543 e. The van der Waals surface area contributed by atoms with Crippen molar-refractivity contribution in [3.8, 4) is 0 Å².